The summed E-state index contributed by atoms with van der Waals surface area (Å²) >= 11 is 0. The highest BCUT2D eigenvalue weighted by atomic mass is 16.5. The van der Waals surface area contributed by atoms with Gasteiger partial charge >= 0.3 is 0 Å². The molecule has 2 heterocycles. The number of hydrogen-bond acceptors (Lipinski definition) is 9. The molecule has 0 radical (unpaired) electrons. The molecule has 3 aromatic carbocycles. The third kappa shape index (κ3) is 8.11. The number of unbranched alkanes of at least 4 members (excludes halogenated alkanes) is 1. The van der Waals surface area contributed by atoms with E-state index in [9.17, 15) is 24.0 Å². The summed E-state index contributed by atoms with van der Waals surface area (Å²) in [5.74, 6) is -0.244. The first-order valence-electron chi connectivity index (χ1n) is 16.0. The van der Waals surface area contributed by atoms with Gasteiger partial charge in [-0.15, -0.1) is 0 Å². The Labute approximate surface area is 278 Å². The first-order chi connectivity index (χ1) is 23.3. The summed E-state index contributed by atoms with van der Waals surface area (Å²) in [6.07, 6.45) is 4.00. The number of hydrogen-bond donors (Lipinski definition) is 2. The van der Waals surface area contributed by atoms with Gasteiger partial charge in [0, 0.05) is 13.0 Å². The zero-order valence-corrected chi connectivity index (χ0v) is 27.0. The number of benzene rings is 3. The summed E-state index contributed by atoms with van der Waals surface area (Å²) in [6.45, 7) is 0.554. The Kier molecular flexibility index (Phi) is 11.3. The Bertz CT molecular complexity index is 1690. The van der Waals surface area contributed by atoms with Crippen LogP contribution in [0.5, 0.6) is 23.0 Å². The molecule has 2 N–H and O–H groups in total. The number of carbonyl (C=O) groups excluding carboxylic acids is 5. The molecule has 1 fully saturated rings. The standard InChI is InChI=1S/C36H39N3O9/c1-45-28-16-14-24(21-30(28)46-2)9-5-8-23-10-6-11-25(20-23)48-22-32(41)37-18-3-4-19-47-29-13-7-12-26-33(29)36(44)39(35(26)43)27-15-17-31(40)38-34(27)42/h6-7,10-14,16,20-21,27H,3-5,8-9,15,17-19,22H2,1-2H3,(H,37,41)(H,38,40,42). The molecule has 1 unspecified atom stereocenters. The summed E-state index contributed by atoms with van der Waals surface area (Å²) in [7, 11) is 3.24. The van der Waals surface area contributed by atoms with E-state index in [-0.39, 0.29) is 48.8 Å². The monoisotopic (exact) mass is 657 g/mol. The summed E-state index contributed by atoms with van der Waals surface area (Å²) < 4.78 is 22.3. The molecule has 5 rings (SSSR count). The van der Waals surface area contributed by atoms with Gasteiger partial charge in [-0.1, -0.05) is 24.3 Å². The van der Waals surface area contributed by atoms with E-state index >= 15 is 0 Å². The Balaban J connectivity index is 1.00. The maximum absolute atomic E-state index is 13.2. The number of ether oxygens (including phenoxy) is 4. The molecule has 2 aliphatic rings. The first-order valence-corrected chi connectivity index (χ1v) is 16.0. The minimum absolute atomic E-state index is 0.0482. The summed E-state index contributed by atoms with van der Waals surface area (Å²) in [6, 6.07) is 17.3. The number of methoxy groups -OCH3 is 2. The Morgan fingerprint density at radius 3 is 2.38 bits per heavy atom. The number of amides is 5. The van der Waals surface area contributed by atoms with Gasteiger partial charge in [-0.3, -0.25) is 34.2 Å². The average Bonchev–Trinajstić information content (AvgIpc) is 3.34. The van der Waals surface area contributed by atoms with Crippen LogP contribution in [0, 0.1) is 0 Å². The lowest BCUT2D eigenvalue weighted by atomic mass is 10.0. The third-order valence-electron chi connectivity index (χ3n) is 8.23. The lowest BCUT2D eigenvalue weighted by Crippen LogP contribution is -2.54. The van der Waals surface area contributed by atoms with Crippen molar-refractivity contribution in [3.05, 3.63) is 82.9 Å². The van der Waals surface area contributed by atoms with Crippen LogP contribution < -0.4 is 29.6 Å². The Hall–Kier alpha value is -5.39. The van der Waals surface area contributed by atoms with Crippen LogP contribution in [-0.4, -0.2) is 74.5 Å². The highest BCUT2D eigenvalue weighted by Crippen LogP contribution is 2.34. The molecule has 1 saturated heterocycles. The fourth-order valence-electron chi connectivity index (χ4n) is 5.76. The molecule has 0 aromatic heterocycles. The van der Waals surface area contributed by atoms with Gasteiger partial charge in [0.05, 0.1) is 32.0 Å². The zero-order chi connectivity index (χ0) is 34.0. The number of aryl methyl sites for hydroxylation is 2. The van der Waals surface area contributed by atoms with E-state index in [1.165, 1.54) is 6.07 Å². The normalized spacial score (nSPS) is 15.5. The van der Waals surface area contributed by atoms with Crippen molar-refractivity contribution in [2.75, 3.05) is 34.0 Å². The summed E-state index contributed by atoms with van der Waals surface area (Å²) in [5.41, 5.74) is 2.55. The molecular formula is C36H39N3O9. The van der Waals surface area contributed by atoms with Gasteiger partial charge in [0.15, 0.2) is 18.1 Å². The predicted molar refractivity (Wildman–Crippen MR) is 174 cm³/mol. The molecule has 0 aliphatic carbocycles. The topological polar surface area (TPSA) is 150 Å². The van der Waals surface area contributed by atoms with E-state index in [1.807, 2.05) is 42.5 Å². The lowest BCUT2D eigenvalue weighted by Gasteiger charge is -2.27. The van der Waals surface area contributed by atoms with Crippen LogP contribution in [-0.2, 0) is 27.2 Å². The summed E-state index contributed by atoms with van der Waals surface area (Å²) in [4.78, 5) is 63.3. The molecule has 1 atom stereocenters. The number of nitrogens with one attached hydrogen (secondary N) is 2. The number of fused-ring (bicyclic) bond motifs is 1. The van der Waals surface area contributed by atoms with E-state index < -0.39 is 29.7 Å². The van der Waals surface area contributed by atoms with Crippen LogP contribution >= 0.6 is 0 Å². The number of rotatable bonds is 16. The fraction of sp³-hybridized carbons (Fsp3) is 0.361. The number of nitrogens with zero attached hydrogens (tertiary/aromatic N) is 1. The quantitative estimate of drug-likeness (QED) is 0.174. The fourth-order valence-corrected chi connectivity index (χ4v) is 5.76. The highest BCUT2D eigenvalue weighted by molar-refractivity contribution is 6.24. The molecule has 2 aliphatic heterocycles. The molecule has 5 amide bonds. The Morgan fingerprint density at radius 2 is 1.60 bits per heavy atom. The van der Waals surface area contributed by atoms with Gasteiger partial charge in [0.1, 0.15) is 17.5 Å². The molecule has 12 heteroatoms. The van der Waals surface area contributed by atoms with E-state index in [2.05, 4.69) is 10.6 Å². The van der Waals surface area contributed by atoms with Crippen molar-refractivity contribution in [3.8, 4) is 23.0 Å². The van der Waals surface area contributed by atoms with Gasteiger partial charge in [0.2, 0.25) is 11.8 Å². The Morgan fingerprint density at radius 1 is 0.833 bits per heavy atom. The van der Waals surface area contributed by atoms with Crippen molar-refractivity contribution in [2.24, 2.45) is 0 Å². The number of piperidine rings is 1. The second-order valence-corrected chi connectivity index (χ2v) is 11.5. The van der Waals surface area contributed by atoms with Gasteiger partial charge in [0.25, 0.3) is 17.7 Å². The van der Waals surface area contributed by atoms with Crippen LogP contribution in [0.3, 0.4) is 0 Å². The average molecular weight is 658 g/mol. The number of imide groups is 2. The van der Waals surface area contributed by atoms with Gasteiger partial charge in [-0.25, -0.2) is 0 Å². The third-order valence-corrected chi connectivity index (χ3v) is 8.23. The summed E-state index contributed by atoms with van der Waals surface area (Å²) in [5, 5.41) is 5.02. The van der Waals surface area contributed by atoms with Crippen LogP contribution in [0.15, 0.2) is 60.7 Å². The molecule has 0 bridgehead atoms. The zero-order valence-electron chi connectivity index (χ0n) is 27.0. The predicted octanol–water partition coefficient (Wildman–Crippen LogP) is 3.63. The van der Waals surface area contributed by atoms with Crippen LogP contribution in [0.2, 0.25) is 0 Å². The molecule has 0 spiro atoms. The van der Waals surface area contributed by atoms with Crippen LogP contribution in [0.25, 0.3) is 0 Å². The second-order valence-electron chi connectivity index (χ2n) is 11.5. The van der Waals surface area contributed by atoms with E-state index in [0.717, 1.165) is 35.3 Å². The van der Waals surface area contributed by atoms with Crippen molar-refractivity contribution in [1.82, 2.24) is 15.5 Å². The van der Waals surface area contributed by atoms with Crippen LogP contribution in [0.1, 0.15) is 63.9 Å². The second kappa shape index (κ2) is 15.9. The molecular weight excluding hydrogens is 618 g/mol. The minimum atomic E-state index is -1.04. The van der Waals surface area contributed by atoms with E-state index in [1.54, 1.807) is 26.4 Å². The highest BCUT2D eigenvalue weighted by Gasteiger charge is 2.46. The van der Waals surface area contributed by atoms with Crippen molar-refractivity contribution in [2.45, 2.75) is 51.0 Å². The maximum Gasteiger partial charge on any atom is 0.266 e. The number of carbonyl (C=O) groups is 5. The van der Waals surface area contributed by atoms with Crippen molar-refractivity contribution >= 4 is 29.5 Å². The molecule has 48 heavy (non-hydrogen) atoms. The minimum Gasteiger partial charge on any atom is -0.493 e. The van der Waals surface area contributed by atoms with Crippen molar-refractivity contribution < 1.29 is 42.9 Å². The molecule has 0 saturated carbocycles. The SMILES string of the molecule is COc1ccc(CCCc2cccc(OCC(=O)NCCCCOc3cccc4c3C(=O)N(C3CCC(=O)NC3=O)C4=O)c2)cc1OC. The van der Waals surface area contributed by atoms with Crippen molar-refractivity contribution in [1.29, 1.82) is 0 Å². The van der Waals surface area contributed by atoms with Crippen molar-refractivity contribution in [3.63, 3.8) is 0 Å². The molecule has 12 nitrogen and oxygen atoms in total. The first kappa shape index (κ1) is 34.0. The molecule has 3 aromatic rings. The smallest absolute Gasteiger partial charge is 0.266 e. The molecule has 252 valence electrons. The van der Waals surface area contributed by atoms with Crippen LogP contribution in [0.4, 0.5) is 0 Å². The van der Waals surface area contributed by atoms with E-state index in [0.29, 0.717) is 36.6 Å². The lowest BCUT2D eigenvalue weighted by molar-refractivity contribution is -0.136. The van der Waals surface area contributed by atoms with Gasteiger partial charge in [-0.05, 0) is 86.1 Å². The van der Waals surface area contributed by atoms with Gasteiger partial charge < -0.3 is 24.3 Å². The van der Waals surface area contributed by atoms with E-state index in [4.69, 9.17) is 18.9 Å². The largest absolute Gasteiger partial charge is 0.493 e. The maximum atomic E-state index is 13.2. The van der Waals surface area contributed by atoms with Gasteiger partial charge in [-0.2, -0.15) is 0 Å².